The van der Waals surface area contributed by atoms with Gasteiger partial charge >= 0.3 is 12.1 Å². The summed E-state index contributed by atoms with van der Waals surface area (Å²) in [7, 11) is 0. The van der Waals surface area contributed by atoms with Crippen molar-refractivity contribution in [2.75, 3.05) is 0 Å². The van der Waals surface area contributed by atoms with Gasteiger partial charge in [-0.15, -0.1) is 0 Å². The molecule has 0 unspecified atom stereocenters. The maximum Gasteiger partial charge on any atom is 0.408 e. The Hall–Kier alpha value is -2.64. The number of carboxylic acid groups (broad SMARTS) is 1. The first-order valence-corrected chi connectivity index (χ1v) is 6.69. The number of hydrogen-bond donors (Lipinski definition) is 2. The number of nitro benzene ring substituents is 1. The Labute approximate surface area is 127 Å². The van der Waals surface area contributed by atoms with Gasteiger partial charge in [0.2, 0.25) is 0 Å². The Kier molecular flexibility index (Phi) is 6.30. The molecule has 1 aromatic carbocycles. The number of nitro groups is 1. The van der Waals surface area contributed by atoms with Crippen molar-refractivity contribution in [1.29, 1.82) is 0 Å². The average Bonchev–Trinajstić information content (AvgIpc) is 2.44. The van der Waals surface area contributed by atoms with Gasteiger partial charge in [-0.3, -0.25) is 10.1 Å². The molecule has 2 N–H and O–H groups in total. The zero-order valence-corrected chi connectivity index (χ0v) is 12.3. The summed E-state index contributed by atoms with van der Waals surface area (Å²) in [5.74, 6) is -1.02. The van der Waals surface area contributed by atoms with Crippen molar-refractivity contribution in [3.63, 3.8) is 0 Å². The number of rotatable bonds is 7. The van der Waals surface area contributed by atoms with E-state index < -0.39 is 23.0 Å². The summed E-state index contributed by atoms with van der Waals surface area (Å²) >= 11 is 0. The molecule has 0 heterocycles. The van der Waals surface area contributed by atoms with Crippen LogP contribution in [0.3, 0.4) is 0 Å². The fraction of sp³-hybridized carbons (Fsp3) is 0.429. The zero-order valence-electron chi connectivity index (χ0n) is 12.3. The molecular weight excluding hydrogens is 292 g/mol. The highest BCUT2D eigenvalue weighted by Gasteiger charge is 2.21. The number of carbonyl (C=O) groups excluding carboxylic acids is 1. The van der Waals surface area contributed by atoms with E-state index in [0.717, 1.165) is 0 Å². The summed E-state index contributed by atoms with van der Waals surface area (Å²) in [5.41, 5.74) is 0.507. The molecule has 0 bridgehead atoms. The second-order valence-corrected chi connectivity index (χ2v) is 5.16. The number of amides is 1. The van der Waals surface area contributed by atoms with Crippen LogP contribution in [-0.2, 0) is 16.1 Å². The number of nitrogens with zero attached hydrogens (tertiary/aromatic N) is 1. The number of aliphatic carboxylic acids is 1. The van der Waals surface area contributed by atoms with Crippen LogP contribution in [0.2, 0.25) is 0 Å². The third-order valence-corrected chi connectivity index (χ3v) is 2.81. The molecule has 0 spiro atoms. The number of benzene rings is 1. The van der Waals surface area contributed by atoms with Gasteiger partial charge in [0.15, 0.2) is 0 Å². The molecule has 120 valence electrons. The summed E-state index contributed by atoms with van der Waals surface area (Å²) in [6.45, 7) is 3.59. The highest BCUT2D eigenvalue weighted by Crippen LogP contribution is 2.12. The van der Waals surface area contributed by atoms with E-state index in [1.807, 2.05) is 13.8 Å². The van der Waals surface area contributed by atoms with E-state index in [1.54, 1.807) is 0 Å². The molecule has 0 saturated carbocycles. The molecule has 1 aromatic rings. The van der Waals surface area contributed by atoms with Crippen LogP contribution in [-0.4, -0.2) is 28.1 Å². The van der Waals surface area contributed by atoms with Crippen LogP contribution < -0.4 is 5.32 Å². The second kappa shape index (κ2) is 7.96. The fourth-order valence-corrected chi connectivity index (χ4v) is 1.74. The van der Waals surface area contributed by atoms with Gasteiger partial charge in [0.05, 0.1) is 4.92 Å². The SMILES string of the molecule is CC(C)C[C@@H](NC(=O)OCc1ccc([N+](=O)[O-])cc1)C(=O)O. The smallest absolute Gasteiger partial charge is 0.408 e. The van der Waals surface area contributed by atoms with Gasteiger partial charge in [0, 0.05) is 12.1 Å². The van der Waals surface area contributed by atoms with Crippen LogP contribution in [0.25, 0.3) is 0 Å². The predicted octanol–water partition coefficient (Wildman–Crippen LogP) is 2.32. The third-order valence-electron chi connectivity index (χ3n) is 2.81. The average molecular weight is 310 g/mol. The van der Waals surface area contributed by atoms with Gasteiger partial charge in [-0.2, -0.15) is 0 Å². The minimum atomic E-state index is -1.12. The molecular formula is C14H18N2O6. The van der Waals surface area contributed by atoms with Crippen LogP contribution in [0.1, 0.15) is 25.8 Å². The molecule has 0 aliphatic carbocycles. The number of hydrogen-bond acceptors (Lipinski definition) is 5. The molecule has 0 saturated heterocycles. The van der Waals surface area contributed by atoms with Crippen LogP contribution >= 0.6 is 0 Å². The number of carboxylic acids is 1. The van der Waals surface area contributed by atoms with Crippen LogP contribution in [0, 0.1) is 16.0 Å². The van der Waals surface area contributed by atoms with Crippen molar-refractivity contribution >= 4 is 17.7 Å². The highest BCUT2D eigenvalue weighted by atomic mass is 16.6. The van der Waals surface area contributed by atoms with E-state index in [2.05, 4.69) is 5.32 Å². The van der Waals surface area contributed by atoms with E-state index in [-0.39, 0.29) is 18.2 Å². The predicted molar refractivity (Wildman–Crippen MR) is 77.3 cm³/mol. The molecule has 0 aromatic heterocycles. The topological polar surface area (TPSA) is 119 Å². The lowest BCUT2D eigenvalue weighted by molar-refractivity contribution is -0.384. The molecule has 0 fully saturated rings. The summed E-state index contributed by atoms with van der Waals surface area (Å²) in [6, 6.07) is 4.53. The fourth-order valence-electron chi connectivity index (χ4n) is 1.74. The molecule has 8 heteroatoms. The van der Waals surface area contributed by atoms with Crippen LogP contribution in [0.15, 0.2) is 24.3 Å². The molecule has 1 atom stereocenters. The Morgan fingerprint density at radius 3 is 2.36 bits per heavy atom. The zero-order chi connectivity index (χ0) is 16.7. The number of alkyl carbamates (subject to hydrolysis) is 1. The second-order valence-electron chi connectivity index (χ2n) is 5.16. The first-order chi connectivity index (χ1) is 10.3. The van der Waals surface area contributed by atoms with Gasteiger partial charge in [0.1, 0.15) is 12.6 Å². The quantitative estimate of drug-likeness (QED) is 0.589. The van der Waals surface area contributed by atoms with E-state index in [4.69, 9.17) is 9.84 Å². The maximum atomic E-state index is 11.6. The van der Waals surface area contributed by atoms with Crippen LogP contribution in [0.4, 0.5) is 10.5 Å². The summed E-state index contributed by atoms with van der Waals surface area (Å²) < 4.78 is 4.91. The first-order valence-electron chi connectivity index (χ1n) is 6.69. The standard InChI is InChI=1S/C14H18N2O6/c1-9(2)7-12(13(17)18)15-14(19)22-8-10-3-5-11(6-4-10)16(20)21/h3-6,9,12H,7-8H2,1-2H3,(H,15,19)(H,17,18)/t12-/m1/s1. The summed E-state index contributed by atoms with van der Waals surface area (Å²) in [6.07, 6.45) is -0.548. The van der Waals surface area contributed by atoms with Crippen molar-refractivity contribution in [2.45, 2.75) is 32.9 Å². The Bertz CT molecular complexity index is 541. The molecule has 0 radical (unpaired) electrons. The molecule has 1 rings (SSSR count). The van der Waals surface area contributed by atoms with Gasteiger partial charge < -0.3 is 15.2 Å². The van der Waals surface area contributed by atoms with Crippen LogP contribution in [0.5, 0.6) is 0 Å². The number of nitrogens with one attached hydrogen (secondary N) is 1. The first kappa shape index (κ1) is 17.4. The van der Waals surface area contributed by atoms with Gasteiger partial charge in [-0.05, 0) is 30.0 Å². The molecule has 0 aliphatic rings. The maximum absolute atomic E-state index is 11.6. The van der Waals surface area contributed by atoms with Crippen molar-refractivity contribution < 1.29 is 24.4 Å². The lowest BCUT2D eigenvalue weighted by atomic mass is 10.0. The third kappa shape index (κ3) is 5.78. The lowest BCUT2D eigenvalue weighted by Gasteiger charge is -2.16. The molecule has 8 nitrogen and oxygen atoms in total. The largest absolute Gasteiger partial charge is 0.480 e. The summed E-state index contributed by atoms with van der Waals surface area (Å²) in [4.78, 5) is 32.6. The number of ether oxygens (including phenoxy) is 1. The van der Waals surface area contributed by atoms with Crippen molar-refractivity contribution in [2.24, 2.45) is 5.92 Å². The Morgan fingerprint density at radius 1 is 1.32 bits per heavy atom. The lowest BCUT2D eigenvalue weighted by Crippen LogP contribution is -2.41. The van der Waals surface area contributed by atoms with Crippen molar-refractivity contribution in [3.8, 4) is 0 Å². The van der Waals surface area contributed by atoms with Gasteiger partial charge in [-0.25, -0.2) is 9.59 Å². The van der Waals surface area contributed by atoms with Gasteiger partial charge in [-0.1, -0.05) is 13.8 Å². The molecule has 22 heavy (non-hydrogen) atoms. The van der Waals surface area contributed by atoms with E-state index in [0.29, 0.717) is 12.0 Å². The van der Waals surface area contributed by atoms with E-state index >= 15 is 0 Å². The van der Waals surface area contributed by atoms with Crippen molar-refractivity contribution in [1.82, 2.24) is 5.32 Å². The number of carbonyl (C=O) groups is 2. The van der Waals surface area contributed by atoms with Gasteiger partial charge in [0.25, 0.3) is 5.69 Å². The molecule has 1 amide bonds. The van der Waals surface area contributed by atoms with Crippen molar-refractivity contribution in [3.05, 3.63) is 39.9 Å². The molecule has 0 aliphatic heterocycles. The minimum absolute atomic E-state index is 0.0592. The number of non-ortho nitro benzene ring substituents is 1. The van der Waals surface area contributed by atoms with E-state index in [9.17, 15) is 19.7 Å². The Morgan fingerprint density at radius 2 is 1.91 bits per heavy atom. The normalized spacial score (nSPS) is 11.8. The monoisotopic (exact) mass is 310 g/mol. The summed E-state index contributed by atoms with van der Waals surface area (Å²) in [5, 5.41) is 21.8. The minimum Gasteiger partial charge on any atom is -0.480 e. The highest BCUT2D eigenvalue weighted by molar-refractivity contribution is 5.79. The Balaban J connectivity index is 2.51. The van der Waals surface area contributed by atoms with E-state index in [1.165, 1.54) is 24.3 Å².